The number of fused-ring (bicyclic) bond motifs is 2. The Balaban J connectivity index is 1.56. The van der Waals surface area contributed by atoms with E-state index in [1.165, 1.54) is 10.6 Å². The second-order valence-electron chi connectivity index (χ2n) is 7.97. The number of sulfonamides is 1. The highest BCUT2D eigenvalue weighted by Crippen LogP contribution is 2.38. The Kier molecular flexibility index (Phi) is 4.91. The van der Waals surface area contributed by atoms with E-state index in [1.807, 2.05) is 42.5 Å². The van der Waals surface area contributed by atoms with Gasteiger partial charge in [-0.05, 0) is 48.3 Å². The van der Waals surface area contributed by atoms with Crippen molar-refractivity contribution in [1.82, 2.24) is 14.2 Å². The van der Waals surface area contributed by atoms with Gasteiger partial charge in [-0.15, -0.1) is 0 Å². The van der Waals surface area contributed by atoms with Gasteiger partial charge in [0.1, 0.15) is 5.76 Å². The molecule has 1 fully saturated rings. The van der Waals surface area contributed by atoms with Crippen LogP contribution in [0.4, 0.5) is 0 Å². The minimum atomic E-state index is -3.25. The average Bonchev–Trinajstić information content (AvgIpc) is 3.42. The molecule has 0 N–H and O–H groups in total. The number of hydrogen-bond acceptors (Lipinski definition) is 5. The van der Waals surface area contributed by atoms with Crippen LogP contribution in [0.15, 0.2) is 47.1 Å². The molecule has 1 aliphatic heterocycles. The topological polar surface area (TPSA) is 83.7 Å². The minimum absolute atomic E-state index is 0.0535. The maximum atomic E-state index is 13.6. The molecule has 1 saturated heterocycles. The van der Waals surface area contributed by atoms with Crippen LogP contribution >= 0.6 is 0 Å². The van der Waals surface area contributed by atoms with E-state index in [-0.39, 0.29) is 5.91 Å². The molecule has 0 bridgehead atoms. The zero-order valence-electron chi connectivity index (χ0n) is 17.2. The Morgan fingerprint density at radius 3 is 2.55 bits per heavy atom. The van der Waals surface area contributed by atoms with E-state index < -0.39 is 10.0 Å². The van der Waals surface area contributed by atoms with Gasteiger partial charge in [0.05, 0.1) is 29.3 Å². The number of aromatic nitrogens is 1. The van der Waals surface area contributed by atoms with E-state index in [0.29, 0.717) is 31.7 Å². The molecule has 0 saturated carbocycles. The number of rotatable bonds is 3. The van der Waals surface area contributed by atoms with Crippen molar-refractivity contribution in [2.75, 3.05) is 32.4 Å². The van der Waals surface area contributed by atoms with Gasteiger partial charge in [-0.25, -0.2) is 13.4 Å². The molecule has 2 aliphatic rings. The molecular formula is C23H23N3O4S. The first kappa shape index (κ1) is 20.0. The number of furan rings is 1. The summed E-state index contributed by atoms with van der Waals surface area (Å²) in [5, 5.41) is 0.844. The van der Waals surface area contributed by atoms with Crippen molar-refractivity contribution < 1.29 is 17.6 Å². The quantitative estimate of drug-likeness (QED) is 0.629. The zero-order chi connectivity index (χ0) is 21.6. The first-order chi connectivity index (χ1) is 14.9. The Labute approximate surface area is 181 Å². The second-order valence-corrected chi connectivity index (χ2v) is 9.95. The molecule has 0 radical (unpaired) electrons. The highest BCUT2D eigenvalue weighted by atomic mass is 32.2. The number of hydrogen-bond donors (Lipinski definition) is 0. The summed E-state index contributed by atoms with van der Waals surface area (Å²) >= 11 is 0. The van der Waals surface area contributed by atoms with Crippen molar-refractivity contribution in [3.8, 4) is 0 Å². The van der Waals surface area contributed by atoms with Gasteiger partial charge in [0.2, 0.25) is 10.0 Å². The lowest BCUT2D eigenvalue weighted by Gasteiger charge is -2.33. The number of carbonyl (C=O) groups is 1. The van der Waals surface area contributed by atoms with Gasteiger partial charge in [-0.3, -0.25) is 4.79 Å². The number of benzene rings is 1. The van der Waals surface area contributed by atoms with Gasteiger partial charge in [-0.1, -0.05) is 18.2 Å². The summed E-state index contributed by atoms with van der Waals surface area (Å²) in [7, 11) is -3.25. The summed E-state index contributed by atoms with van der Waals surface area (Å²) in [6, 6.07) is 11.5. The monoisotopic (exact) mass is 437 g/mol. The lowest BCUT2D eigenvalue weighted by Crippen LogP contribution is -2.50. The fourth-order valence-electron chi connectivity index (χ4n) is 4.45. The zero-order valence-corrected chi connectivity index (χ0v) is 18.1. The van der Waals surface area contributed by atoms with Crippen molar-refractivity contribution in [2.45, 2.75) is 12.8 Å². The van der Waals surface area contributed by atoms with E-state index in [2.05, 4.69) is 0 Å². The van der Waals surface area contributed by atoms with E-state index in [4.69, 9.17) is 9.40 Å². The Hall–Kier alpha value is -2.97. The Morgan fingerprint density at radius 2 is 1.84 bits per heavy atom. The van der Waals surface area contributed by atoms with E-state index in [9.17, 15) is 13.2 Å². The summed E-state index contributed by atoms with van der Waals surface area (Å²) in [6.45, 7) is 1.40. The summed E-state index contributed by atoms with van der Waals surface area (Å²) < 4.78 is 30.6. The summed E-state index contributed by atoms with van der Waals surface area (Å²) in [5.74, 6) is 0.713. The van der Waals surface area contributed by atoms with Crippen LogP contribution in [0.2, 0.25) is 0 Å². The van der Waals surface area contributed by atoms with Crippen LogP contribution in [-0.4, -0.2) is 60.9 Å². The number of para-hydroxylation sites is 1. The predicted octanol–water partition coefficient (Wildman–Crippen LogP) is 3.03. The van der Waals surface area contributed by atoms with Gasteiger partial charge in [-0.2, -0.15) is 4.31 Å². The van der Waals surface area contributed by atoms with Crippen LogP contribution in [0.1, 0.15) is 33.8 Å². The molecular weight excluding hydrogens is 414 g/mol. The first-order valence-corrected chi connectivity index (χ1v) is 12.2. The third-order valence-electron chi connectivity index (χ3n) is 6.01. The highest BCUT2D eigenvalue weighted by Gasteiger charge is 2.32. The largest absolute Gasteiger partial charge is 0.465 e. The SMILES string of the molecule is CS(=O)(=O)N1CCN(C(=O)c2c3c(nc4ccccc24)/C(=C/c2ccco2)CC3)CC1. The van der Waals surface area contributed by atoms with Crippen molar-refractivity contribution in [2.24, 2.45) is 0 Å². The van der Waals surface area contributed by atoms with Crippen molar-refractivity contribution in [3.63, 3.8) is 0 Å². The van der Waals surface area contributed by atoms with Gasteiger partial charge in [0.15, 0.2) is 0 Å². The second kappa shape index (κ2) is 7.62. The molecule has 0 atom stereocenters. The molecule has 1 amide bonds. The molecule has 3 aromatic rings. The fraction of sp³-hybridized carbons (Fsp3) is 0.304. The fourth-order valence-corrected chi connectivity index (χ4v) is 5.28. The Morgan fingerprint density at radius 1 is 1.06 bits per heavy atom. The standard InChI is InChI=1S/C23H23N3O4S/c1-31(28,29)26-12-10-25(11-13-26)23(27)21-18-6-2-3-7-20(18)24-22-16(8-9-19(21)22)15-17-5-4-14-30-17/h2-7,14-15H,8-13H2,1H3/b16-15+. The lowest BCUT2D eigenvalue weighted by atomic mass is 9.99. The molecule has 160 valence electrons. The molecule has 2 aromatic heterocycles. The highest BCUT2D eigenvalue weighted by molar-refractivity contribution is 7.88. The predicted molar refractivity (Wildman–Crippen MR) is 119 cm³/mol. The third-order valence-corrected chi connectivity index (χ3v) is 7.31. The smallest absolute Gasteiger partial charge is 0.254 e. The maximum Gasteiger partial charge on any atom is 0.254 e. The summed E-state index contributed by atoms with van der Waals surface area (Å²) in [6.07, 6.45) is 6.38. The number of pyridine rings is 1. The third kappa shape index (κ3) is 3.66. The van der Waals surface area contributed by atoms with Gasteiger partial charge in [0, 0.05) is 31.6 Å². The van der Waals surface area contributed by atoms with Crippen LogP contribution in [0.25, 0.3) is 22.6 Å². The van der Waals surface area contributed by atoms with E-state index in [1.54, 1.807) is 11.2 Å². The molecule has 31 heavy (non-hydrogen) atoms. The van der Waals surface area contributed by atoms with Gasteiger partial charge >= 0.3 is 0 Å². The number of piperazine rings is 1. The van der Waals surface area contributed by atoms with Gasteiger partial charge < -0.3 is 9.32 Å². The average molecular weight is 438 g/mol. The molecule has 1 aromatic carbocycles. The Bertz CT molecular complexity index is 1290. The van der Waals surface area contributed by atoms with Crippen LogP contribution in [-0.2, 0) is 16.4 Å². The number of nitrogens with zero attached hydrogens (tertiary/aromatic N) is 3. The van der Waals surface area contributed by atoms with Crippen molar-refractivity contribution in [1.29, 1.82) is 0 Å². The molecule has 0 unspecified atom stereocenters. The lowest BCUT2D eigenvalue weighted by molar-refractivity contribution is 0.0699. The van der Waals surface area contributed by atoms with E-state index in [0.717, 1.165) is 46.3 Å². The summed E-state index contributed by atoms with van der Waals surface area (Å²) in [5.41, 5.74) is 4.36. The number of carbonyl (C=O) groups excluding carboxylic acids is 1. The number of amides is 1. The normalized spacial score (nSPS) is 18.6. The van der Waals surface area contributed by atoms with Crippen LogP contribution in [0.5, 0.6) is 0 Å². The molecule has 8 heteroatoms. The van der Waals surface area contributed by atoms with Crippen LogP contribution < -0.4 is 0 Å². The number of allylic oxidation sites excluding steroid dienone is 1. The van der Waals surface area contributed by atoms with Crippen molar-refractivity contribution in [3.05, 3.63) is 65.2 Å². The molecule has 0 spiro atoms. The van der Waals surface area contributed by atoms with E-state index >= 15 is 0 Å². The molecule has 7 nitrogen and oxygen atoms in total. The van der Waals surface area contributed by atoms with Crippen LogP contribution in [0.3, 0.4) is 0 Å². The minimum Gasteiger partial charge on any atom is -0.465 e. The molecule has 1 aliphatic carbocycles. The molecule has 5 rings (SSSR count). The van der Waals surface area contributed by atoms with Gasteiger partial charge in [0.25, 0.3) is 5.91 Å². The molecule has 3 heterocycles. The summed E-state index contributed by atoms with van der Waals surface area (Å²) in [4.78, 5) is 20.3. The first-order valence-electron chi connectivity index (χ1n) is 10.3. The van der Waals surface area contributed by atoms with Crippen LogP contribution in [0, 0.1) is 0 Å². The van der Waals surface area contributed by atoms with Crippen molar-refractivity contribution >= 4 is 38.5 Å². The maximum absolute atomic E-state index is 13.6.